The lowest BCUT2D eigenvalue weighted by Gasteiger charge is -2.58. The Morgan fingerprint density at radius 2 is 1.71 bits per heavy atom. The summed E-state index contributed by atoms with van der Waals surface area (Å²) in [6, 6.07) is 4.80. The highest BCUT2D eigenvalue weighted by atomic mass is 79.9. The second kappa shape index (κ2) is 5.06. The average Bonchev–Trinajstić information content (AvgIpc) is 2.40. The zero-order chi connectivity index (χ0) is 14.6. The molecule has 4 fully saturated rings. The van der Waals surface area contributed by atoms with Gasteiger partial charge in [-0.05, 0) is 79.4 Å². The van der Waals surface area contributed by atoms with Gasteiger partial charge in [0, 0.05) is 10.9 Å². The molecule has 1 atom stereocenters. The fourth-order valence-corrected chi connectivity index (χ4v) is 6.21. The Kier molecular flexibility index (Phi) is 3.42. The number of aliphatic hydroxyl groups is 1. The fourth-order valence-electron chi connectivity index (χ4n) is 5.70. The lowest BCUT2D eigenvalue weighted by Crippen LogP contribution is -2.52. The molecule has 5 rings (SSSR count). The molecule has 4 aliphatic carbocycles. The monoisotopic (exact) mass is 352 g/mol. The number of aliphatic hydroxyl groups excluding tert-OH is 1. The summed E-state index contributed by atoms with van der Waals surface area (Å²) in [4.78, 5) is 0. The van der Waals surface area contributed by atoms with Gasteiger partial charge in [-0.2, -0.15) is 0 Å². The first-order valence-electron chi connectivity index (χ1n) is 8.16. The number of benzene rings is 1. The zero-order valence-electron chi connectivity index (χ0n) is 12.2. The first-order valence-corrected chi connectivity index (χ1v) is 8.95. The van der Waals surface area contributed by atoms with E-state index >= 15 is 0 Å². The molecular formula is C18H22BrFO. The first-order chi connectivity index (χ1) is 10.0. The molecule has 1 unspecified atom stereocenters. The zero-order valence-corrected chi connectivity index (χ0v) is 13.8. The number of hydrogen-bond acceptors (Lipinski definition) is 1. The maximum Gasteiger partial charge on any atom is 0.124 e. The van der Waals surface area contributed by atoms with Crippen molar-refractivity contribution in [2.24, 2.45) is 23.2 Å². The van der Waals surface area contributed by atoms with Crippen molar-refractivity contribution in [3.05, 3.63) is 34.1 Å². The molecule has 0 amide bonds. The van der Waals surface area contributed by atoms with E-state index in [2.05, 4.69) is 15.9 Å². The summed E-state index contributed by atoms with van der Waals surface area (Å²) in [7, 11) is 0. The van der Waals surface area contributed by atoms with Gasteiger partial charge in [-0.15, -0.1) is 0 Å². The number of rotatable bonds is 3. The Labute approximate surface area is 134 Å². The second-order valence-corrected chi connectivity index (χ2v) is 8.59. The Morgan fingerprint density at radius 1 is 1.14 bits per heavy atom. The second-order valence-electron chi connectivity index (χ2n) is 7.74. The van der Waals surface area contributed by atoms with Crippen LogP contribution in [0.3, 0.4) is 0 Å². The highest BCUT2D eigenvalue weighted by Gasteiger charge is 2.53. The third kappa shape index (κ3) is 2.46. The van der Waals surface area contributed by atoms with Crippen molar-refractivity contribution < 1.29 is 9.50 Å². The molecule has 0 spiro atoms. The summed E-state index contributed by atoms with van der Waals surface area (Å²) >= 11 is 3.43. The Bertz CT molecular complexity index is 521. The van der Waals surface area contributed by atoms with Gasteiger partial charge < -0.3 is 5.11 Å². The minimum absolute atomic E-state index is 0.141. The van der Waals surface area contributed by atoms with Gasteiger partial charge in [-0.3, -0.25) is 0 Å². The van der Waals surface area contributed by atoms with Gasteiger partial charge >= 0.3 is 0 Å². The van der Waals surface area contributed by atoms with Crippen molar-refractivity contribution in [1.82, 2.24) is 0 Å². The number of hydrogen-bond donors (Lipinski definition) is 1. The molecule has 0 radical (unpaired) electrons. The highest BCUT2D eigenvalue weighted by Crippen LogP contribution is 2.61. The summed E-state index contributed by atoms with van der Waals surface area (Å²) in [5.74, 6) is 2.32. The minimum Gasteiger partial charge on any atom is -0.392 e. The number of halogens is 2. The molecular weight excluding hydrogens is 331 g/mol. The van der Waals surface area contributed by atoms with E-state index in [-0.39, 0.29) is 17.3 Å². The molecule has 3 heteroatoms. The van der Waals surface area contributed by atoms with Crippen LogP contribution in [-0.4, -0.2) is 11.2 Å². The smallest absolute Gasteiger partial charge is 0.124 e. The normalized spacial score (nSPS) is 38.7. The maximum absolute atomic E-state index is 13.2. The first kappa shape index (κ1) is 14.2. The van der Waals surface area contributed by atoms with Crippen LogP contribution in [-0.2, 0) is 6.42 Å². The quantitative estimate of drug-likeness (QED) is 0.835. The van der Waals surface area contributed by atoms with Crippen molar-refractivity contribution in [2.45, 2.75) is 51.0 Å². The minimum atomic E-state index is -0.285. The SMILES string of the molecule is OC(Cc1ccc(F)cc1Br)C12CC3CC(CC(C3)C1)C2. The third-order valence-electron chi connectivity index (χ3n) is 6.22. The lowest BCUT2D eigenvalue weighted by atomic mass is 9.48. The van der Waals surface area contributed by atoms with E-state index in [0.29, 0.717) is 6.42 Å². The molecule has 1 aromatic carbocycles. The van der Waals surface area contributed by atoms with Gasteiger partial charge in [-0.1, -0.05) is 22.0 Å². The van der Waals surface area contributed by atoms with Crippen LogP contribution in [0, 0.1) is 29.0 Å². The fraction of sp³-hybridized carbons (Fsp3) is 0.667. The van der Waals surface area contributed by atoms with Crippen LogP contribution in [0.1, 0.15) is 44.1 Å². The van der Waals surface area contributed by atoms with Crippen LogP contribution in [0.25, 0.3) is 0 Å². The van der Waals surface area contributed by atoms with Gasteiger partial charge in [0.05, 0.1) is 6.10 Å². The van der Waals surface area contributed by atoms with E-state index in [1.54, 1.807) is 0 Å². The van der Waals surface area contributed by atoms with Crippen LogP contribution in [0.15, 0.2) is 22.7 Å². The molecule has 0 saturated heterocycles. The summed E-state index contributed by atoms with van der Waals surface area (Å²) in [6.07, 6.45) is 8.17. The molecule has 1 aromatic rings. The van der Waals surface area contributed by atoms with Crippen molar-refractivity contribution in [3.8, 4) is 0 Å². The van der Waals surface area contributed by atoms with Crippen molar-refractivity contribution >= 4 is 15.9 Å². The van der Waals surface area contributed by atoms with Gasteiger partial charge in [0.1, 0.15) is 5.82 Å². The summed E-state index contributed by atoms with van der Waals surface area (Å²) in [5, 5.41) is 10.9. The van der Waals surface area contributed by atoms with Gasteiger partial charge in [0.15, 0.2) is 0 Å². The summed E-state index contributed by atoms with van der Waals surface area (Å²) in [5.41, 5.74) is 1.17. The molecule has 114 valence electrons. The Morgan fingerprint density at radius 3 is 2.24 bits per heavy atom. The predicted octanol–water partition coefficient (Wildman–Crippen LogP) is 4.71. The van der Waals surface area contributed by atoms with Gasteiger partial charge in [0.2, 0.25) is 0 Å². The Balaban J connectivity index is 1.56. The Hall–Kier alpha value is -0.410. The topological polar surface area (TPSA) is 20.2 Å². The van der Waals surface area contributed by atoms with Crippen LogP contribution in [0.2, 0.25) is 0 Å². The molecule has 1 N–H and O–H groups in total. The highest BCUT2D eigenvalue weighted by molar-refractivity contribution is 9.10. The molecule has 0 aromatic heterocycles. The predicted molar refractivity (Wildman–Crippen MR) is 84.4 cm³/mol. The van der Waals surface area contributed by atoms with E-state index < -0.39 is 0 Å². The van der Waals surface area contributed by atoms with E-state index in [9.17, 15) is 9.50 Å². The molecule has 0 heterocycles. The maximum atomic E-state index is 13.2. The largest absolute Gasteiger partial charge is 0.392 e. The van der Waals surface area contributed by atoms with Crippen molar-refractivity contribution in [2.75, 3.05) is 0 Å². The molecule has 21 heavy (non-hydrogen) atoms. The van der Waals surface area contributed by atoms with E-state index in [0.717, 1.165) is 27.8 Å². The molecule has 0 aliphatic heterocycles. The molecule has 4 aliphatic rings. The molecule has 1 nitrogen and oxygen atoms in total. The molecule has 4 saturated carbocycles. The summed E-state index contributed by atoms with van der Waals surface area (Å²) in [6.45, 7) is 0. The summed E-state index contributed by atoms with van der Waals surface area (Å²) < 4.78 is 14.0. The van der Waals surface area contributed by atoms with Crippen LogP contribution < -0.4 is 0 Å². The lowest BCUT2D eigenvalue weighted by molar-refractivity contribution is -0.119. The van der Waals surface area contributed by atoms with Crippen LogP contribution in [0.4, 0.5) is 4.39 Å². The average molecular weight is 353 g/mol. The van der Waals surface area contributed by atoms with Crippen molar-refractivity contribution in [1.29, 1.82) is 0 Å². The van der Waals surface area contributed by atoms with Gasteiger partial charge in [-0.25, -0.2) is 4.39 Å². The standard InChI is InChI=1S/C18H22BrFO/c19-16-7-15(20)2-1-14(16)6-17(21)18-8-11-3-12(9-18)5-13(4-11)10-18/h1-2,7,11-13,17,21H,3-6,8-10H2. The van der Waals surface area contributed by atoms with Crippen molar-refractivity contribution in [3.63, 3.8) is 0 Å². The van der Waals surface area contributed by atoms with Crippen LogP contribution >= 0.6 is 15.9 Å². The van der Waals surface area contributed by atoms with E-state index in [1.807, 2.05) is 6.07 Å². The third-order valence-corrected chi connectivity index (χ3v) is 6.96. The van der Waals surface area contributed by atoms with Gasteiger partial charge in [0.25, 0.3) is 0 Å². The molecule has 4 bridgehead atoms. The van der Waals surface area contributed by atoms with E-state index in [1.165, 1.54) is 50.7 Å². The van der Waals surface area contributed by atoms with Crippen LogP contribution in [0.5, 0.6) is 0 Å². The van der Waals surface area contributed by atoms with E-state index in [4.69, 9.17) is 0 Å².